The highest BCUT2D eigenvalue weighted by atomic mass is 28.3. The Hall–Kier alpha value is -4.46. The van der Waals surface area contributed by atoms with Gasteiger partial charge < -0.3 is 0 Å². The highest BCUT2D eigenvalue weighted by molar-refractivity contribution is 7.22. The maximum Gasteiger partial charge on any atom is 0.180 e. The zero-order valence-electron chi connectivity index (χ0n) is 22.9. The highest BCUT2D eigenvalue weighted by Crippen LogP contribution is 2.48. The zero-order chi connectivity index (χ0) is 26.9. The van der Waals surface area contributed by atoms with Crippen LogP contribution >= 0.6 is 0 Å². The van der Waals surface area contributed by atoms with Crippen LogP contribution in [0.2, 0.25) is 0 Å². The third-order valence-corrected chi connectivity index (χ3v) is 14.3. The van der Waals surface area contributed by atoms with E-state index in [1.54, 1.807) is 0 Å². The van der Waals surface area contributed by atoms with E-state index in [2.05, 4.69) is 159 Å². The lowest BCUT2D eigenvalue weighted by atomic mass is 9.82. The molecular formula is C39H30Si. The number of rotatable bonds is 3. The first kappa shape index (κ1) is 23.4. The smallest absolute Gasteiger partial charge is 0.0623 e. The predicted octanol–water partition coefficient (Wildman–Crippen LogP) is 7.02. The van der Waals surface area contributed by atoms with Crippen LogP contribution in [0, 0.1) is 0 Å². The van der Waals surface area contributed by atoms with Crippen molar-refractivity contribution in [3.63, 3.8) is 0 Å². The fraction of sp³-hybridized carbons (Fsp3) is 0.0769. The van der Waals surface area contributed by atoms with Crippen molar-refractivity contribution in [1.82, 2.24) is 0 Å². The van der Waals surface area contributed by atoms with Crippen LogP contribution in [0.1, 0.15) is 25.0 Å². The second-order valence-electron chi connectivity index (χ2n) is 11.7. The van der Waals surface area contributed by atoms with Crippen molar-refractivity contribution in [2.75, 3.05) is 0 Å². The van der Waals surface area contributed by atoms with Crippen molar-refractivity contribution in [1.29, 1.82) is 0 Å². The van der Waals surface area contributed by atoms with E-state index in [1.165, 1.54) is 65.3 Å². The molecule has 0 nitrogen and oxygen atoms in total. The molecule has 8 rings (SSSR count). The topological polar surface area (TPSA) is 0 Å². The molecule has 0 bridgehead atoms. The summed E-state index contributed by atoms with van der Waals surface area (Å²) < 4.78 is 0. The Balaban J connectivity index is 1.42. The van der Waals surface area contributed by atoms with Gasteiger partial charge in [-0.1, -0.05) is 159 Å². The van der Waals surface area contributed by atoms with Crippen LogP contribution in [-0.2, 0) is 5.41 Å². The molecule has 6 aromatic rings. The largest absolute Gasteiger partial charge is 0.180 e. The van der Waals surface area contributed by atoms with E-state index in [0.29, 0.717) is 0 Å². The lowest BCUT2D eigenvalue weighted by Crippen LogP contribution is -2.72. The van der Waals surface area contributed by atoms with Crippen LogP contribution in [0.15, 0.2) is 146 Å². The van der Waals surface area contributed by atoms with Crippen molar-refractivity contribution in [2.24, 2.45) is 0 Å². The van der Waals surface area contributed by atoms with Crippen LogP contribution in [-0.4, -0.2) is 8.07 Å². The van der Waals surface area contributed by atoms with E-state index in [4.69, 9.17) is 0 Å². The Morgan fingerprint density at radius 3 is 1.57 bits per heavy atom. The molecule has 190 valence electrons. The van der Waals surface area contributed by atoms with Gasteiger partial charge in [0.25, 0.3) is 0 Å². The minimum Gasteiger partial charge on any atom is -0.0623 e. The molecular weight excluding hydrogens is 497 g/mol. The molecule has 1 heteroatoms. The molecule has 0 saturated carbocycles. The van der Waals surface area contributed by atoms with Gasteiger partial charge in [0.15, 0.2) is 8.07 Å². The van der Waals surface area contributed by atoms with Gasteiger partial charge in [0.05, 0.1) is 0 Å². The number of benzene rings is 6. The van der Waals surface area contributed by atoms with Gasteiger partial charge in [0.1, 0.15) is 0 Å². The van der Waals surface area contributed by atoms with Gasteiger partial charge in [0.2, 0.25) is 0 Å². The summed E-state index contributed by atoms with van der Waals surface area (Å²) in [6.07, 6.45) is 0. The number of fused-ring (bicyclic) bond motifs is 6. The molecule has 6 aromatic carbocycles. The Morgan fingerprint density at radius 1 is 0.400 bits per heavy atom. The van der Waals surface area contributed by atoms with Crippen molar-refractivity contribution in [3.8, 4) is 33.4 Å². The Morgan fingerprint density at radius 2 is 0.900 bits per heavy atom. The minimum absolute atomic E-state index is 0.0354. The standard InChI is InChI=1S/C39H30Si/c1-39(2)35-17-9-6-14-31(35)32-25-24-30(26-36(32)39)40(29-22-20-28(21-23-29)27-12-4-3-5-13-27)37-18-10-7-15-33(37)34-16-8-11-19-38(34)40/h3-26H,1-2H3. The number of hydrogen-bond donors (Lipinski definition) is 0. The van der Waals surface area contributed by atoms with E-state index in [1.807, 2.05) is 0 Å². The average molecular weight is 527 g/mol. The monoisotopic (exact) mass is 526 g/mol. The first-order valence-electron chi connectivity index (χ1n) is 14.2. The third kappa shape index (κ3) is 3.07. The molecule has 1 aliphatic heterocycles. The summed E-state index contributed by atoms with van der Waals surface area (Å²) in [6, 6.07) is 54.9. The first-order valence-corrected chi connectivity index (χ1v) is 16.2. The summed E-state index contributed by atoms with van der Waals surface area (Å²) in [5.74, 6) is 0. The maximum absolute atomic E-state index is 2.57. The van der Waals surface area contributed by atoms with E-state index in [0.717, 1.165) is 0 Å². The molecule has 0 amide bonds. The summed E-state index contributed by atoms with van der Waals surface area (Å²) in [5.41, 5.74) is 10.9. The van der Waals surface area contributed by atoms with Gasteiger partial charge in [-0.05, 0) is 65.3 Å². The quantitative estimate of drug-likeness (QED) is 0.217. The molecule has 2 aliphatic rings. The zero-order valence-corrected chi connectivity index (χ0v) is 23.9. The molecule has 0 unspecified atom stereocenters. The molecule has 0 saturated heterocycles. The fourth-order valence-electron chi connectivity index (χ4n) is 7.50. The van der Waals surface area contributed by atoms with Crippen LogP contribution in [0.3, 0.4) is 0 Å². The van der Waals surface area contributed by atoms with Crippen molar-refractivity contribution in [2.45, 2.75) is 19.3 Å². The second kappa shape index (κ2) is 8.52. The maximum atomic E-state index is 2.57. The fourth-order valence-corrected chi connectivity index (χ4v) is 12.7. The third-order valence-electron chi connectivity index (χ3n) is 9.39. The van der Waals surface area contributed by atoms with E-state index < -0.39 is 8.07 Å². The molecule has 0 radical (unpaired) electrons. The van der Waals surface area contributed by atoms with Crippen LogP contribution in [0.4, 0.5) is 0 Å². The molecule has 1 aliphatic carbocycles. The van der Waals surface area contributed by atoms with Gasteiger partial charge in [-0.25, -0.2) is 0 Å². The van der Waals surface area contributed by atoms with E-state index in [-0.39, 0.29) is 5.41 Å². The molecule has 0 aromatic heterocycles. The van der Waals surface area contributed by atoms with Gasteiger partial charge in [-0.2, -0.15) is 0 Å². The molecule has 40 heavy (non-hydrogen) atoms. The Bertz CT molecular complexity index is 1870. The van der Waals surface area contributed by atoms with E-state index in [9.17, 15) is 0 Å². The Labute approximate surface area is 237 Å². The molecule has 0 fully saturated rings. The minimum atomic E-state index is -2.56. The van der Waals surface area contributed by atoms with Crippen molar-refractivity contribution >= 4 is 28.8 Å². The summed E-state index contributed by atoms with van der Waals surface area (Å²) in [4.78, 5) is 0. The van der Waals surface area contributed by atoms with Crippen LogP contribution in [0.25, 0.3) is 33.4 Å². The van der Waals surface area contributed by atoms with Gasteiger partial charge >= 0.3 is 0 Å². The average Bonchev–Trinajstić information content (AvgIpc) is 3.44. The number of hydrogen-bond acceptors (Lipinski definition) is 0. The molecule has 0 atom stereocenters. The predicted molar refractivity (Wildman–Crippen MR) is 172 cm³/mol. The van der Waals surface area contributed by atoms with Gasteiger partial charge in [-0.3, -0.25) is 0 Å². The molecule has 1 heterocycles. The highest BCUT2D eigenvalue weighted by Gasteiger charge is 2.49. The summed E-state index contributed by atoms with van der Waals surface area (Å²) in [7, 11) is -2.56. The van der Waals surface area contributed by atoms with Crippen molar-refractivity contribution in [3.05, 3.63) is 157 Å². The van der Waals surface area contributed by atoms with Crippen molar-refractivity contribution < 1.29 is 0 Å². The Kier molecular flexibility index (Phi) is 4.99. The summed E-state index contributed by atoms with van der Waals surface area (Å²) in [6.45, 7) is 4.78. The summed E-state index contributed by atoms with van der Waals surface area (Å²) in [5, 5.41) is 5.91. The lowest BCUT2D eigenvalue weighted by Gasteiger charge is -2.33. The second-order valence-corrected chi connectivity index (χ2v) is 15.4. The van der Waals surface area contributed by atoms with Gasteiger partial charge in [-0.15, -0.1) is 0 Å². The summed E-state index contributed by atoms with van der Waals surface area (Å²) >= 11 is 0. The van der Waals surface area contributed by atoms with E-state index >= 15 is 0 Å². The molecule has 0 N–H and O–H groups in total. The van der Waals surface area contributed by atoms with Gasteiger partial charge in [0, 0.05) is 5.41 Å². The van der Waals surface area contributed by atoms with Crippen LogP contribution < -0.4 is 20.7 Å². The molecule has 0 spiro atoms. The SMILES string of the molecule is CC1(C)c2ccccc2-c2ccc([Si]3(c4ccc(-c5ccccc5)cc4)c4ccccc4-c4ccccc43)cc21. The lowest BCUT2D eigenvalue weighted by molar-refractivity contribution is 0.661. The normalized spacial score (nSPS) is 15.2. The van der Waals surface area contributed by atoms with Crippen LogP contribution in [0.5, 0.6) is 0 Å². The first-order chi connectivity index (χ1) is 19.6.